The Morgan fingerprint density at radius 2 is 1.83 bits per heavy atom. The molecule has 0 saturated carbocycles. The second kappa shape index (κ2) is 7.84. The van der Waals surface area contributed by atoms with Crippen molar-refractivity contribution in [1.29, 1.82) is 0 Å². The predicted octanol–water partition coefficient (Wildman–Crippen LogP) is 0.919. The van der Waals surface area contributed by atoms with Gasteiger partial charge in [-0.05, 0) is 17.5 Å². The lowest BCUT2D eigenvalue weighted by atomic mass is 10.1. The van der Waals surface area contributed by atoms with E-state index in [1.165, 1.54) is 0 Å². The van der Waals surface area contributed by atoms with E-state index in [-0.39, 0.29) is 12.5 Å². The molecule has 0 atom stereocenters. The first-order valence-corrected chi connectivity index (χ1v) is 6.37. The second-order valence-corrected chi connectivity index (χ2v) is 4.30. The maximum absolute atomic E-state index is 12.0. The van der Waals surface area contributed by atoms with E-state index in [0.717, 1.165) is 17.5 Å². The molecule has 1 aromatic carbocycles. The smallest absolute Gasteiger partial charge is 0.227 e. The van der Waals surface area contributed by atoms with E-state index >= 15 is 0 Å². The maximum Gasteiger partial charge on any atom is 0.227 e. The quantitative estimate of drug-likeness (QED) is 0.756. The van der Waals surface area contributed by atoms with Crippen LogP contribution in [0.2, 0.25) is 0 Å². The van der Waals surface area contributed by atoms with Crippen molar-refractivity contribution in [3.8, 4) is 0 Å². The molecule has 0 aliphatic carbocycles. The number of aliphatic hydroxyl groups is 1. The molecule has 100 valence electrons. The minimum atomic E-state index is 0.0118. The molecule has 0 aliphatic heterocycles. The molecule has 4 nitrogen and oxygen atoms in total. The average Bonchev–Trinajstić information content (AvgIpc) is 2.39. The highest BCUT2D eigenvalue weighted by atomic mass is 16.3. The van der Waals surface area contributed by atoms with Crippen LogP contribution in [0.1, 0.15) is 24.5 Å². The largest absolute Gasteiger partial charge is 0.395 e. The molecule has 0 aliphatic rings. The number of carbonyl (C=O) groups is 1. The Morgan fingerprint density at radius 3 is 2.33 bits per heavy atom. The topological polar surface area (TPSA) is 66.6 Å². The third-order valence-electron chi connectivity index (χ3n) is 2.83. The van der Waals surface area contributed by atoms with Gasteiger partial charge >= 0.3 is 0 Å². The Morgan fingerprint density at radius 1 is 1.22 bits per heavy atom. The van der Waals surface area contributed by atoms with Gasteiger partial charge in [0.1, 0.15) is 0 Å². The number of carbonyl (C=O) groups excluding carboxylic acids is 1. The van der Waals surface area contributed by atoms with Gasteiger partial charge < -0.3 is 15.7 Å². The summed E-state index contributed by atoms with van der Waals surface area (Å²) in [5.41, 5.74) is 7.57. The van der Waals surface area contributed by atoms with Gasteiger partial charge in [-0.1, -0.05) is 31.2 Å². The first kappa shape index (κ1) is 14.7. The fourth-order valence-corrected chi connectivity index (χ4v) is 1.83. The van der Waals surface area contributed by atoms with Crippen LogP contribution < -0.4 is 5.73 Å². The molecule has 4 heteroatoms. The first-order chi connectivity index (χ1) is 8.71. The van der Waals surface area contributed by atoms with E-state index in [9.17, 15) is 4.79 Å². The van der Waals surface area contributed by atoms with Gasteiger partial charge in [-0.2, -0.15) is 0 Å². The van der Waals surface area contributed by atoms with Gasteiger partial charge in [0, 0.05) is 19.6 Å². The van der Waals surface area contributed by atoms with Crippen molar-refractivity contribution in [3.05, 3.63) is 35.4 Å². The zero-order valence-corrected chi connectivity index (χ0v) is 10.9. The number of hydrogen-bond acceptors (Lipinski definition) is 3. The molecule has 0 spiro atoms. The number of rotatable bonds is 7. The van der Waals surface area contributed by atoms with E-state index in [4.69, 9.17) is 10.8 Å². The Labute approximate surface area is 108 Å². The minimum absolute atomic E-state index is 0.0118. The summed E-state index contributed by atoms with van der Waals surface area (Å²) < 4.78 is 0. The third kappa shape index (κ3) is 4.47. The van der Waals surface area contributed by atoms with E-state index < -0.39 is 0 Å². The van der Waals surface area contributed by atoms with Crippen molar-refractivity contribution in [1.82, 2.24) is 4.90 Å². The van der Waals surface area contributed by atoms with Gasteiger partial charge in [-0.3, -0.25) is 4.79 Å². The number of benzene rings is 1. The SMILES string of the molecule is CCCN(CCO)C(=O)Cc1ccc(CN)cc1. The zero-order chi connectivity index (χ0) is 13.4. The molecule has 0 heterocycles. The van der Waals surface area contributed by atoms with Crippen LogP contribution in [0.4, 0.5) is 0 Å². The van der Waals surface area contributed by atoms with Crippen molar-refractivity contribution in [2.45, 2.75) is 26.3 Å². The summed E-state index contributed by atoms with van der Waals surface area (Å²) in [6.45, 7) is 3.65. The summed E-state index contributed by atoms with van der Waals surface area (Å²) in [6, 6.07) is 7.75. The maximum atomic E-state index is 12.0. The van der Waals surface area contributed by atoms with Gasteiger partial charge in [-0.15, -0.1) is 0 Å². The average molecular weight is 250 g/mol. The molecule has 18 heavy (non-hydrogen) atoms. The number of amides is 1. The molecule has 0 saturated heterocycles. The lowest BCUT2D eigenvalue weighted by Gasteiger charge is -2.21. The summed E-state index contributed by atoms with van der Waals surface area (Å²) >= 11 is 0. The summed E-state index contributed by atoms with van der Waals surface area (Å²) in [5, 5.41) is 8.94. The van der Waals surface area contributed by atoms with Gasteiger partial charge in [0.25, 0.3) is 0 Å². The van der Waals surface area contributed by atoms with Crippen molar-refractivity contribution in [3.63, 3.8) is 0 Å². The molecule has 0 unspecified atom stereocenters. The highest BCUT2D eigenvalue weighted by Crippen LogP contribution is 2.06. The van der Waals surface area contributed by atoms with Crippen LogP contribution in [0, 0.1) is 0 Å². The second-order valence-electron chi connectivity index (χ2n) is 4.30. The van der Waals surface area contributed by atoms with Crippen LogP contribution in [0.15, 0.2) is 24.3 Å². The molecular weight excluding hydrogens is 228 g/mol. The van der Waals surface area contributed by atoms with Crippen molar-refractivity contribution < 1.29 is 9.90 Å². The minimum Gasteiger partial charge on any atom is -0.395 e. The Balaban J connectivity index is 2.60. The normalized spacial score (nSPS) is 10.4. The standard InChI is InChI=1S/C14H22N2O2/c1-2-7-16(8-9-17)14(18)10-12-3-5-13(11-15)6-4-12/h3-6,17H,2,7-11,15H2,1H3. The number of nitrogens with zero attached hydrogens (tertiary/aromatic N) is 1. The predicted molar refractivity (Wildman–Crippen MR) is 72.0 cm³/mol. The summed E-state index contributed by atoms with van der Waals surface area (Å²) in [5.74, 6) is 0.0615. The Hall–Kier alpha value is -1.39. The molecule has 0 aromatic heterocycles. The van der Waals surface area contributed by atoms with Crippen molar-refractivity contribution >= 4 is 5.91 Å². The zero-order valence-electron chi connectivity index (χ0n) is 10.9. The number of nitrogens with two attached hydrogens (primary N) is 1. The van der Waals surface area contributed by atoms with E-state index in [2.05, 4.69) is 0 Å². The van der Waals surface area contributed by atoms with Crippen LogP contribution in [-0.2, 0) is 17.8 Å². The van der Waals surface area contributed by atoms with E-state index in [1.807, 2.05) is 31.2 Å². The van der Waals surface area contributed by atoms with Gasteiger partial charge in [-0.25, -0.2) is 0 Å². The van der Waals surface area contributed by atoms with Crippen LogP contribution in [0.25, 0.3) is 0 Å². The van der Waals surface area contributed by atoms with Gasteiger partial charge in [0.05, 0.1) is 13.0 Å². The molecular formula is C14H22N2O2. The van der Waals surface area contributed by atoms with Crippen molar-refractivity contribution in [2.75, 3.05) is 19.7 Å². The summed E-state index contributed by atoms with van der Waals surface area (Å²) in [7, 11) is 0. The Bertz CT molecular complexity index is 357. The van der Waals surface area contributed by atoms with E-state index in [0.29, 0.717) is 26.1 Å². The van der Waals surface area contributed by atoms with Crippen LogP contribution >= 0.6 is 0 Å². The molecule has 1 aromatic rings. The van der Waals surface area contributed by atoms with Gasteiger partial charge in [0.2, 0.25) is 5.91 Å². The number of hydrogen-bond donors (Lipinski definition) is 2. The highest BCUT2D eigenvalue weighted by molar-refractivity contribution is 5.78. The van der Waals surface area contributed by atoms with Crippen LogP contribution in [-0.4, -0.2) is 35.6 Å². The summed E-state index contributed by atoms with van der Waals surface area (Å²) in [6.07, 6.45) is 1.28. The molecule has 1 amide bonds. The number of aliphatic hydroxyl groups excluding tert-OH is 1. The molecule has 0 radical (unpaired) electrons. The third-order valence-corrected chi connectivity index (χ3v) is 2.83. The molecule has 0 fully saturated rings. The fraction of sp³-hybridized carbons (Fsp3) is 0.500. The summed E-state index contributed by atoms with van der Waals surface area (Å²) in [4.78, 5) is 13.7. The molecule has 1 rings (SSSR count). The first-order valence-electron chi connectivity index (χ1n) is 6.37. The molecule has 0 bridgehead atoms. The fourth-order valence-electron chi connectivity index (χ4n) is 1.83. The monoisotopic (exact) mass is 250 g/mol. The molecule has 3 N–H and O–H groups in total. The van der Waals surface area contributed by atoms with Crippen LogP contribution in [0.3, 0.4) is 0 Å². The van der Waals surface area contributed by atoms with Crippen molar-refractivity contribution in [2.24, 2.45) is 5.73 Å². The lowest BCUT2D eigenvalue weighted by molar-refractivity contribution is -0.131. The Kier molecular flexibility index (Phi) is 6.39. The van der Waals surface area contributed by atoms with E-state index in [1.54, 1.807) is 4.90 Å². The lowest BCUT2D eigenvalue weighted by Crippen LogP contribution is -2.35. The van der Waals surface area contributed by atoms with Gasteiger partial charge in [0.15, 0.2) is 0 Å². The van der Waals surface area contributed by atoms with Crippen LogP contribution in [0.5, 0.6) is 0 Å². The highest BCUT2D eigenvalue weighted by Gasteiger charge is 2.12.